The zero-order valence-electron chi connectivity index (χ0n) is 10.0. The highest BCUT2D eigenvalue weighted by Gasteiger charge is 2.12. The van der Waals surface area contributed by atoms with Crippen molar-refractivity contribution in [1.82, 2.24) is 4.90 Å². The van der Waals surface area contributed by atoms with E-state index in [0.717, 1.165) is 19.4 Å². The monoisotopic (exact) mass is 206 g/mol. The molecule has 0 saturated carbocycles. The molecule has 0 heterocycles. The lowest BCUT2D eigenvalue weighted by atomic mass is 10.00. The molecular formula is C13H22N2. The summed E-state index contributed by atoms with van der Waals surface area (Å²) in [4.78, 5) is 2.26. The fourth-order valence-corrected chi connectivity index (χ4v) is 1.82. The van der Waals surface area contributed by atoms with E-state index in [-0.39, 0.29) is 0 Å². The van der Waals surface area contributed by atoms with Crippen LogP contribution < -0.4 is 5.73 Å². The van der Waals surface area contributed by atoms with Gasteiger partial charge in [0, 0.05) is 6.04 Å². The highest BCUT2D eigenvalue weighted by atomic mass is 15.1. The van der Waals surface area contributed by atoms with Crippen LogP contribution in [-0.4, -0.2) is 25.5 Å². The number of hydrogen-bond donors (Lipinski definition) is 1. The van der Waals surface area contributed by atoms with Gasteiger partial charge in [-0.1, -0.05) is 29.8 Å². The van der Waals surface area contributed by atoms with E-state index in [1.165, 1.54) is 11.1 Å². The van der Waals surface area contributed by atoms with E-state index in [9.17, 15) is 0 Å². The Morgan fingerprint density at radius 2 is 1.80 bits per heavy atom. The van der Waals surface area contributed by atoms with Crippen LogP contribution in [0.5, 0.6) is 0 Å². The van der Waals surface area contributed by atoms with Gasteiger partial charge in [0.05, 0.1) is 0 Å². The van der Waals surface area contributed by atoms with Crippen LogP contribution in [-0.2, 0) is 0 Å². The van der Waals surface area contributed by atoms with Gasteiger partial charge in [-0.05, 0) is 46.0 Å². The highest BCUT2D eigenvalue weighted by Crippen LogP contribution is 2.23. The number of aryl methyl sites for hydroxylation is 1. The maximum atomic E-state index is 5.56. The molecule has 1 aromatic rings. The van der Waals surface area contributed by atoms with Crippen LogP contribution in [0.4, 0.5) is 0 Å². The fraction of sp³-hybridized carbons (Fsp3) is 0.538. The first-order valence-corrected chi connectivity index (χ1v) is 5.58. The maximum Gasteiger partial charge on any atom is 0.0342 e. The average molecular weight is 206 g/mol. The summed E-state index contributed by atoms with van der Waals surface area (Å²) in [5, 5.41) is 0. The molecule has 0 aromatic heterocycles. The number of nitrogens with zero attached hydrogens (tertiary/aromatic N) is 1. The Morgan fingerprint density at radius 1 is 1.20 bits per heavy atom. The van der Waals surface area contributed by atoms with Crippen molar-refractivity contribution in [3.63, 3.8) is 0 Å². The smallest absolute Gasteiger partial charge is 0.0342 e. The van der Waals surface area contributed by atoms with Gasteiger partial charge in [0.25, 0.3) is 0 Å². The van der Waals surface area contributed by atoms with Crippen molar-refractivity contribution in [2.24, 2.45) is 5.73 Å². The minimum Gasteiger partial charge on any atom is -0.330 e. The molecule has 0 fully saturated rings. The van der Waals surface area contributed by atoms with Crippen molar-refractivity contribution in [1.29, 1.82) is 0 Å². The second-order valence-corrected chi connectivity index (χ2v) is 4.32. The number of benzene rings is 1. The van der Waals surface area contributed by atoms with Gasteiger partial charge in [0.15, 0.2) is 0 Å². The van der Waals surface area contributed by atoms with Crippen LogP contribution in [0, 0.1) is 6.92 Å². The molecular weight excluding hydrogens is 184 g/mol. The summed E-state index contributed by atoms with van der Waals surface area (Å²) >= 11 is 0. The zero-order chi connectivity index (χ0) is 11.3. The molecule has 0 aliphatic carbocycles. The Morgan fingerprint density at radius 3 is 2.27 bits per heavy atom. The third-order valence-corrected chi connectivity index (χ3v) is 2.77. The van der Waals surface area contributed by atoms with Gasteiger partial charge < -0.3 is 10.6 Å². The Bertz CT molecular complexity index is 277. The zero-order valence-corrected chi connectivity index (χ0v) is 10.0. The summed E-state index contributed by atoms with van der Waals surface area (Å²) < 4.78 is 0. The van der Waals surface area contributed by atoms with E-state index in [1.807, 2.05) is 0 Å². The number of nitrogens with two attached hydrogens (primary N) is 1. The summed E-state index contributed by atoms with van der Waals surface area (Å²) in [7, 11) is 4.25. The second-order valence-electron chi connectivity index (χ2n) is 4.32. The average Bonchev–Trinajstić information content (AvgIpc) is 2.21. The largest absolute Gasteiger partial charge is 0.330 e. The predicted molar refractivity (Wildman–Crippen MR) is 65.9 cm³/mol. The van der Waals surface area contributed by atoms with Crippen LogP contribution in [0.25, 0.3) is 0 Å². The standard InChI is InChI=1S/C13H22N2/c1-11-6-8-12(9-7-11)13(15(2)3)5-4-10-14/h6-9,13H,4-5,10,14H2,1-3H3. The van der Waals surface area contributed by atoms with Crippen LogP contribution in [0.1, 0.15) is 30.0 Å². The lowest BCUT2D eigenvalue weighted by molar-refractivity contribution is 0.280. The molecule has 0 aliphatic rings. The molecule has 1 atom stereocenters. The first-order chi connectivity index (χ1) is 7.15. The molecule has 2 nitrogen and oxygen atoms in total. The van der Waals surface area contributed by atoms with Crippen molar-refractivity contribution in [3.05, 3.63) is 35.4 Å². The van der Waals surface area contributed by atoms with Gasteiger partial charge in [0.2, 0.25) is 0 Å². The fourth-order valence-electron chi connectivity index (χ4n) is 1.82. The maximum absolute atomic E-state index is 5.56. The summed E-state index contributed by atoms with van der Waals surface area (Å²) in [6, 6.07) is 9.28. The van der Waals surface area contributed by atoms with Crippen molar-refractivity contribution in [3.8, 4) is 0 Å². The van der Waals surface area contributed by atoms with E-state index < -0.39 is 0 Å². The van der Waals surface area contributed by atoms with Gasteiger partial charge in [0.1, 0.15) is 0 Å². The number of rotatable bonds is 5. The SMILES string of the molecule is Cc1ccc(C(CCCN)N(C)C)cc1. The van der Waals surface area contributed by atoms with E-state index in [2.05, 4.69) is 50.2 Å². The molecule has 0 radical (unpaired) electrons. The molecule has 0 amide bonds. The summed E-state index contributed by atoms with van der Waals surface area (Å²) in [5.41, 5.74) is 8.26. The molecule has 0 bridgehead atoms. The first-order valence-electron chi connectivity index (χ1n) is 5.58. The van der Waals surface area contributed by atoms with Crippen molar-refractivity contribution < 1.29 is 0 Å². The number of hydrogen-bond acceptors (Lipinski definition) is 2. The van der Waals surface area contributed by atoms with E-state index in [1.54, 1.807) is 0 Å². The Hall–Kier alpha value is -0.860. The molecule has 84 valence electrons. The van der Waals surface area contributed by atoms with Gasteiger partial charge in [-0.2, -0.15) is 0 Å². The van der Waals surface area contributed by atoms with E-state index in [0.29, 0.717) is 6.04 Å². The first kappa shape index (κ1) is 12.2. The van der Waals surface area contributed by atoms with Gasteiger partial charge in [-0.15, -0.1) is 0 Å². The Balaban J connectivity index is 2.74. The molecule has 0 spiro atoms. The third kappa shape index (κ3) is 3.65. The summed E-state index contributed by atoms with van der Waals surface area (Å²) in [5.74, 6) is 0. The Labute approximate surface area is 93.1 Å². The quantitative estimate of drug-likeness (QED) is 0.801. The molecule has 0 aliphatic heterocycles. The van der Waals surface area contributed by atoms with Crippen molar-refractivity contribution >= 4 is 0 Å². The third-order valence-electron chi connectivity index (χ3n) is 2.77. The highest BCUT2D eigenvalue weighted by molar-refractivity contribution is 5.24. The lowest BCUT2D eigenvalue weighted by Crippen LogP contribution is -2.20. The Kier molecular flexibility index (Phi) is 4.79. The van der Waals surface area contributed by atoms with Crippen molar-refractivity contribution in [2.75, 3.05) is 20.6 Å². The van der Waals surface area contributed by atoms with E-state index in [4.69, 9.17) is 5.73 Å². The minimum atomic E-state index is 0.495. The topological polar surface area (TPSA) is 29.3 Å². The molecule has 2 heteroatoms. The molecule has 15 heavy (non-hydrogen) atoms. The van der Waals surface area contributed by atoms with E-state index >= 15 is 0 Å². The lowest BCUT2D eigenvalue weighted by Gasteiger charge is -2.24. The van der Waals surface area contributed by atoms with Crippen LogP contribution >= 0.6 is 0 Å². The van der Waals surface area contributed by atoms with Crippen LogP contribution in [0.15, 0.2) is 24.3 Å². The molecule has 2 N–H and O–H groups in total. The molecule has 1 unspecified atom stereocenters. The second kappa shape index (κ2) is 5.89. The van der Waals surface area contributed by atoms with Crippen molar-refractivity contribution in [2.45, 2.75) is 25.8 Å². The summed E-state index contributed by atoms with van der Waals surface area (Å²) in [6.45, 7) is 2.89. The normalized spacial score (nSPS) is 13.1. The van der Waals surface area contributed by atoms with Crippen LogP contribution in [0.2, 0.25) is 0 Å². The van der Waals surface area contributed by atoms with Gasteiger partial charge in [-0.25, -0.2) is 0 Å². The van der Waals surface area contributed by atoms with Gasteiger partial charge in [-0.3, -0.25) is 0 Å². The minimum absolute atomic E-state index is 0.495. The molecule has 1 aromatic carbocycles. The van der Waals surface area contributed by atoms with Gasteiger partial charge >= 0.3 is 0 Å². The molecule has 1 rings (SSSR count). The molecule has 0 saturated heterocycles. The van der Waals surface area contributed by atoms with Crippen LogP contribution in [0.3, 0.4) is 0 Å². The predicted octanol–water partition coefficient (Wildman–Crippen LogP) is 2.34. The summed E-state index contributed by atoms with van der Waals surface area (Å²) in [6.07, 6.45) is 2.21.